The summed E-state index contributed by atoms with van der Waals surface area (Å²) in [6.45, 7) is 3.25. The zero-order valence-corrected chi connectivity index (χ0v) is 21.5. The second-order valence-electron chi connectivity index (χ2n) is 8.91. The van der Waals surface area contributed by atoms with Crippen LogP contribution in [0.1, 0.15) is 43.0 Å². The van der Waals surface area contributed by atoms with Crippen molar-refractivity contribution >= 4 is 34.8 Å². The Kier molecular flexibility index (Phi) is 8.10. The highest BCUT2D eigenvalue weighted by molar-refractivity contribution is 6.05. The molecule has 2 N–H and O–H groups in total. The first-order valence-electron chi connectivity index (χ1n) is 11.9. The minimum atomic E-state index is -0.739. The van der Waals surface area contributed by atoms with Crippen molar-refractivity contribution in [3.63, 3.8) is 0 Å². The number of rotatable bonds is 7. The number of hydrogen-bond donors (Lipinski definition) is 2. The molecular weight excluding hydrogens is 504 g/mol. The van der Waals surface area contributed by atoms with E-state index in [0.717, 1.165) is 29.1 Å². The van der Waals surface area contributed by atoms with Gasteiger partial charge in [0.1, 0.15) is 17.3 Å². The standard InChI is InChI=1S/C30H25F2N3O4/c1-17-8-22(28(36)34-16-20-11-23(31)14-24(32)12-20)9-18(2)27(17)29(37)35-26(30(38)39-3)13-19-10-21-6-4-5-7-25(21)33-15-19/h4-15H,16H2,1-3H3,(H,34,36)(H,35,37). The molecule has 4 aromatic rings. The molecule has 1 heterocycles. The zero-order chi connectivity index (χ0) is 28.1. The van der Waals surface area contributed by atoms with Crippen molar-refractivity contribution in [3.05, 3.63) is 118 Å². The maximum atomic E-state index is 13.4. The highest BCUT2D eigenvalue weighted by Gasteiger charge is 2.20. The van der Waals surface area contributed by atoms with Gasteiger partial charge in [0.2, 0.25) is 0 Å². The van der Waals surface area contributed by atoms with Crippen molar-refractivity contribution < 1.29 is 27.9 Å². The number of carbonyl (C=O) groups excluding carboxylic acids is 3. The topological polar surface area (TPSA) is 97.4 Å². The summed E-state index contributed by atoms with van der Waals surface area (Å²) in [5.41, 5.74) is 3.10. The number of esters is 1. The number of carbonyl (C=O) groups is 3. The number of halogens is 2. The summed E-state index contributed by atoms with van der Waals surface area (Å²) < 4.78 is 31.7. The van der Waals surface area contributed by atoms with Crippen LogP contribution in [0, 0.1) is 25.5 Å². The molecule has 0 aliphatic rings. The molecule has 198 valence electrons. The molecule has 0 radical (unpaired) electrons. The lowest BCUT2D eigenvalue weighted by molar-refractivity contribution is -0.136. The van der Waals surface area contributed by atoms with Crippen molar-refractivity contribution in [1.29, 1.82) is 0 Å². The summed E-state index contributed by atoms with van der Waals surface area (Å²) in [5, 5.41) is 6.10. The number of fused-ring (bicyclic) bond motifs is 1. The van der Waals surface area contributed by atoms with Crippen LogP contribution < -0.4 is 10.6 Å². The fourth-order valence-corrected chi connectivity index (χ4v) is 4.22. The van der Waals surface area contributed by atoms with Crippen LogP contribution in [0.15, 0.2) is 72.6 Å². The first-order valence-corrected chi connectivity index (χ1v) is 11.9. The van der Waals surface area contributed by atoms with Crippen molar-refractivity contribution in [3.8, 4) is 0 Å². The minimum Gasteiger partial charge on any atom is -0.464 e. The maximum Gasteiger partial charge on any atom is 0.354 e. The molecule has 0 fully saturated rings. The molecule has 3 aromatic carbocycles. The third-order valence-electron chi connectivity index (χ3n) is 5.97. The number of amides is 2. The molecule has 0 unspecified atom stereocenters. The van der Waals surface area contributed by atoms with Crippen LogP contribution in [0.4, 0.5) is 8.78 Å². The fraction of sp³-hybridized carbons (Fsp3) is 0.133. The van der Waals surface area contributed by atoms with Gasteiger partial charge in [-0.15, -0.1) is 0 Å². The van der Waals surface area contributed by atoms with Gasteiger partial charge in [0.25, 0.3) is 11.8 Å². The van der Waals surface area contributed by atoms with Gasteiger partial charge in [0, 0.05) is 35.3 Å². The smallest absolute Gasteiger partial charge is 0.354 e. The van der Waals surface area contributed by atoms with Gasteiger partial charge in [-0.3, -0.25) is 14.6 Å². The Balaban J connectivity index is 1.54. The van der Waals surface area contributed by atoms with Crippen LogP contribution in [0.5, 0.6) is 0 Å². The van der Waals surface area contributed by atoms with Crippen LogP contribution in [-0.4, -0.2) is 29.9 Å². The lowest BCUT2D eigenvalue weighted by atomic mass is 9.98. The van der Waals surface area contributed by atoms with Gasteiger partial charge in [-0.2, -0.15) is 0 Å². The van der Waals surface area contributed by atoms with E-state index in [9.17, 15) is 23.2 Å². The van der Waals surface area contributed by atoms with Crippen LogP contribution in [0.2, 0.25) is 0 Å². The van der Waals surface area contributed by atoms with Gasteiger partial charge in [0.15, 0.2) is 0 Å². The van der Waals surface area contributed by atoms with E-state index in [2.05, 4.69) is 15.6 Å². The van der Waals surface area contributed by atoms with Gasteiger partial charge in [0.05, 0.1) is 12.6 Å². The normalized spacial score (nSPS) is 11.3. The molecule has 0 spiro atoms. The first kappa shape index (κ1) is 27.1. The van der Waals surface area contributed by atoms with E-state index in [4.69, 9.17) is 4.74 Å². The Morgan fingerprint density at radius 3 is 2.26 bits per heavy atom. The van der Waals surface area contributed by atoms with E-state index in [1.54, 1.807) is 20.0 Å². The number of aromatic nitrogens is 1. The Labute approximate surface area is 223 Å². The minimum absolute atomic E-state index is 0.0786. The number of nitrogens with zero attached hydrogens (tertiary/aromatic N) is 1. The molecule has 39 heavy (non-hydrogen) atoms. The Morgan fingerprint density at radius 2 is 1.59 bits per heavy atom. The van der Waals surface area contributed by atoms with Crippen LogP contribution >= 0.6 is 0 Å². The van der Waals surface area contributed by atoms with Gasteiger partial charge < -0.3 is 15.4 Å². The summed E-state index contributed by atoms with van der Waals surface area (Å²) in [4.78, 5) is 42.8. The number of pyridine rings is 1. The number of nitrogens with one attached hydrogen (secondary N) is 2. The molecule has 4 rings (SSSR count). The number of para-hydroxylation sites is 1. The summed E-state index contributed by atoms with van der Waals surface area (Å²) in [7, 11) is 1.21. The average Bonchev–Trinajstić information content (AvgIpc) is 2.89. The number of methoxy groups -OCH3 is 1. The van der Waals surface area contributed by atoms with Crippen molar-refractivity contribution in [2.45, 2.75) is 20.4 Å². The molecular formula is C30H25F2N3O4. The number of hydrogen-bond acceptors (Lipinski definition) is 5. The molecule has 0 saturated heterocycles. The van der Waals surface area contributed by atoms with E-state index in [1.807, 2.05) is 30.3 Å². The molecule has 9 heteroatoms. The highest BCUT2D eigenvalue weighted by Crippen LogP contribution is 2.19. The summed E-state index contributed by atoms with van der Waals surface area (Å²) in [6.07, 6.45) is 3.06. The first-order chi connectivity index (χ1) is 18.6. The van der Waals surface area contributed by atoms with E-state index in [0.29, 0.717) is 16.7 Å². The molecule has 0 bridgehead atoms. The van der Waals surface area contributed by atoms with E-state index in [-0.39, 0.29) is 28.9 Å². The fourth-order valence-electron chi connectivity index (χ4n) is 4.22. The number of benzene rings is 3. The molecule has 1 aromatic heterocycles. The molecule has 0 atom stereocenters. The number of aryl methyl sites for hydroxylation is 2. The lowest BCUT2D eigenvalue weighted by Gasteiger charge is -2.14. The molecule has 2 amide bonds. The van der Waals surface area contributed by atoms with Crippen LogP contribution in [0.3, 0.4) is 0 Å². The predicted octanol–water partition coefficient (Wildman–Crippen LogP) is 5.00. The highest BCUT2D eigenvalue weighted by atomic mass is 19.1. The van der Waals surface area contributed by atoms with Gasteiger partial charge in [-0.05, 0) is 78.6 Å². The summed E-state index contributed by atoms with van der Waals surface area (Å²) >= 11 is 0. The second-order valence-corrected chi connectivity index (χ2v) is 8.91. The Bertz CT molecular complexity index is 1590. The monoisotopic (exact) mass is 529 g/mol. The molecule has 7 nitrogen and oxygen atoms in total. The predicted molar refractivity (Wildman–Crippen MR) is 143 cm³/mol. The van der Waals surface area contributed by atoms with Crippen molar-refractivity contribution in [2.75, 3.05) is 7.11 Å². The summed E-state index contributed by atoms with van der Waals surface area (Å²) in [6, 6.07) is 15.4. The van der Waals surface area contributed by atoms with Crippen molar-refractivity contribution in [1.82, 2.24) is 15.6 Å². The molecule has 0 aliphatic heterocycles. The average molecular weight is 530 g/mol. The van der Waals surface area contributed by atoms with Gasteiger partial charge in [-0.1, -0.05) is 18.2 Å². The van der Waals surface area contributed by atoms with E-state index >= 15 is 0 Å². The Hall–Kier alpha value is -4.92. The maximum absolute atomic E-state index is 13.4. The zero-order valence-electron chi connectivity index (χ0n) is 21.5. The summed E-state index contributed by atoms with van der Waals surface area (Å²) in [5.74, 6) is -3.25. The van der Waals surface area contributed by atoms with E-state index < -0.39 is 29.4 Å². The largest absolute Gasteiger partial charge is 0.464 e. The quantitative estimate of drug-likeness (QED) is 0.259. The molecule has 0 aliphatic carbocycles. The Morgan fingerprint density at radius 1 is 0.923 bits per heavy atom. The second kappa shape index (κ2) is 11.6. The van der Waals surface area contributed by atoms with Crippen molar-refractivity contribution in [2.24, 2.45) is 0 Å². The number of ether oxygens (including phenoxy) is 1. The third kappa shape index (κ3) is 6.51. The van der Waals surface area contributed by atoms with E-state index in [1.165, 1.54) is 25.3 Å². The van der Waals surface area contributed by atoms with Crippen LogP contribution in [-0.2, 0) is 16.1 Å². The SMILES string of the molecule is COC(=O)C(=Cc1cnc2ccccc2c1)NC(=O)c1c(C)cc(C(=O)NCc2cc(F)cc(F)c2)cc1C. The molecule has 0 saturated carbocycles. The lowest BCUT2D eigenvalue weighted by Crippen LogP contribution is -2.29. The van der Waals surface area contributed by atoms with Gasteiger partial charge in [-0.25, -0.2) is 13.6 Å². The van der Waals surface area contributed by atoms with Gasteiger partial charge >= 0.3 is 5.97 Å². The third-order valence-corrected chi connectivity index (χ3v) is 5.97. The van der Waals surface area contributed by atoms with Crippen LogP contribution in [0.25, 0.3) is 17.0 Å².